The van der Waals surface area contributed by atoms with Crippen LogP contribution in [0.1, 0.15) is 11.1 Å². The second-order valence-electron chi connectivity index (χ2n) is 3.07. The summed E-state index contributed by atoms with van der Waals surface area (Å²) in [7, 11) is 0. The molecule has 1 aromatic carbocycles. The van der Waals surface area contributed by atoms with Crippen molar-refractivity contribution in [1.29, 1.82) is 0 Å². The Morgan fingerprint density at radius 3 is 2.79 bits per heavy atom. The zero-order valence-corrected chi connectivity index (χ0v) is 8.08. The van der Waals surface area contributed by atoms with Gasteiger partial charge >= 0.3 is 0 Å². The molecule has 0 unspecified atom stereocenters. The first-order chi connectivity index (χ1) is 6.74. The number of hydrogen-bond acceptors (Lipinski definition) is 3. The Kier molecular flexibility index (Phi) is 4.10. The maximum Gasteiger partial charge on any atom is 0.257 e. The van der Waals surface area contributed by atoms with Crippen LogP contribution in [-0.2, 0) is 11.3 Å². The number of carbonyl (C=O) groups excluding carboxylic acids is 1. The van der Waals surface area contributed by atoms with Gasteiger partial charge in [0.1, 0.15) is 0 Å². The van der Waals surface area contributed by atoms with Gasteiger partial charge in [0.25, 0.3) is 5.91 Å². The number of hydrogen-bond donors (Lipinski definition) is 3. The topological polar surface area (TPSA) is 61.4 Å². The first-order valence-corrected chi connectivity index (χ1v) is 4.42. The van der Waals surface area contributed by atoms with Gasteiger partial charge in [-0.25, -0.2) is 5.48 Å². The summed E-state index contributed by atoms with van der Waals surface area (Å²) in [4.78, 5) is 10.7. The lowest BCUT2D eigenvalue weighted by Crippen LogP contribution is -2.31. The van der Waals surface area contributed by atoms with Crippen LogP contribution in [-0.4, -0.2) is 17.7 Å². The van der Waals surface area contributed by atoms with Crippen LogP contribution in [0.25, 0.3) is 0 Å². The zero-order valence-electron chi connectivity index (χ0n) is 8.08. The van der Waals surface area contributed by atoms with Crippen LogP contribution in [0.2, 0.25) is 0 Å². The molecule has 0 radical (unpaired) electrons. The van der Waals surface area contributed by atoms with E-state index in [-0.39, 0.29) is 6.54 Å². The molecule has 0 saturated heterocycles. The molecule has 76 valence electrons. The molecule has 1 amide bonds. The minimum absolute atomic E-state index is 0.116. The number of amides is 1. The summed E-state index contributed by atoms with van der Waals surface area (Å²) >= 11 is 0. The molecule has 0 atom stereocenters. The third-order valence-electron chi connectivity index (χ3n) is 1.99. The fraction of sp³-hybridized carbons (Fsp3) is 0.300. The van der Waals surface area contributed by atoms with Crippen LogP contribution in [0.5, 0.6) is 0 Å². The second kappa shape index (κ2) is 5.36. The summed E-state index contributed by atoms with van der Waals surface area (Å²) in [6.07, 6.45) is 0. The van der Waals surface area contributed by atoms with Crippen molar-refractivity contribution in [1.82, 2.24) is 10.8 Å². The molecule has 0 saturated carbocycles. The molecule has 0 spiro atoms. The van der Waals surface area contributed by atoms with Crippen molar-refractivity contribution >= 4 is 5.91 Å². The van der Waals surface area contributed by atoms with E-state index in [1.807, 2.05) is 31.2 Å². The fourth-order valence-electron chi connectivity index (χ4n) is 1.16. The molecule has 14 heavy (non-hydrogen) atoms. The molecule has 4 heteroatoms. The predicted octanol–water partition coefficient (Wildman–Crippen LogP) is 0.590. The van der Waals surface area contributed by atoms with Crippen molar-refractivity contribution in [3.05, 3.63) is 35.4 Å². The molecule has 0 aliphatic heterocycles. The first kappa shape index (κ1) is 10.7. The highest BCUT2D eigenvalue weighted by Crippen LogP contribution is 2.05. The highest BCUT2D eigenvalue weighted by atomic mass is 16.5. The van der Waals surface area contributed by atoms with E-state index in [2.05, 4.69) is 5.32 Å². The van der Waals surface area contributed by atoms with Crippen LogP contribution >= 0.6 is 0 Å². The third-order valence-corrected chi connectivity index (χ3v) is 1.99. The molecule has 1 aromatic rings. The number of aryl methyl sites for hydroxylation is 1. The third kappa shape index (κ3) is 3.16. The van der Waals surface area contributed by atoms with E-state index in [9.17, 15) is 4.79 Å². The Labute approximate surface area is 82.9 Å². The van der Waals surface area contributed by atoms with Crippen molar-refractivity contribution < 1.29 is 10.0 Å². The molecule has 1 rings (SSSR count). The lowest BCUT2D eigenvalue weighted by molar-refractivity contribution is -0.128. The van der Waals surface area contributed by atoms with Gasteiger partial charge in [0, 0.05) is 6.54 Å². The summed E-state index contributed by atoms with van der Waals surface area (Å²) in [6, 6.07) is 7.94. The van der Waals surface area contributed by atoms with Crippen molar-refractivity contribution in [3.63, 3.8) is 0 Å². The Morgan fingerprint density at radius 2 is 2.14 bits per heavy atom. The standard InChI is InChI=1S/C10H14N2O2/c1-8-4-2-3-5-9(8)6-11-7-10(13)12-14/h2-5,11,14H,6-7H2,1H3,(H,12,13). The molecule has 0 fully saturated rings. The van der Waals surface area contributed by atoms with E-state index in [1.54, 1.807) is 5.48 Å². The van der Waals surface area contributed by atoms with Gasteiger partial charge in [0.05, 0.1) is 6.54 Å². The normalized spacial score (nSPS) is 9.86. The molecule has 4 nitrogen and oxygen atoms in total. The minimum atomic E-state index is -0.432. The summed E-state index contributed by atoms with van der Waals surface area (Å²) in [5.41, 5.74) is 3.90. The fourth-order valence-corrected chi connectivity index (χ4v) is 1.16. The molecular weight excluding hydrogens is 180 g/mol. The predicted molar refractivity (Wildman–Crippen MR) is 52.8 cm³/mol. The number of rotatable bonds is 4. The Morgan fingerprint density at radius 1 is 1.43 bits per heavy atom. The van der Waals surface area contributed by atoms with Gasteiger partial charge in [-0.15, -0.1) is 0 Å². The quantitative estimate of drug-likeness (QED) is 0.485. The number of carbonyl (C=O) groups is 1. The second-order valence-corrected chi connectivity index (χ2v) is 3.07. The van der Waals surface area contributed by atoms with Gasteiger partial charge in [-0.1, -0.05) is 24.3 Å². The Hall–Kier alpha value is -1.39. The summed E-state index contributed by atoms with van der Waals surface area (Å²) in [6.45, 7) is 2.76. The van der Waals surface area contributed by atoms with Gasteiger partial charge in [-0.3, -0.25) is 10.0 Å². The molecule has 3 N–H and O–H groups in total. The number of benzene rings is 1. The van der Waals surface area contributed by atoms with Gasteiger partial charge < -0.3 is 5.32 Å². The largest absolute Gasteiger partial charge is 0.304 e. The molecule has 0 heterocycles. The molecule has 0 aliphatic rings. The Balaban J connectivity index is 2.39. The average molecular weight is 194 g/mol. The lowest BCUT2D eigenvalue weighted by Gasteiger charge is -2.06. The Bertz CT molecular complexity index is 313. The van der Waals surface area contributed by atoms with Gasteiger partial charge in [0.15, 0.2) is 0 Å². The van der Waals surface area contributed by atoms with E-state index in [0.29, 0.717) is 6.54 Å². The van der Waals surface area contributed by atoms with Crippen molar-refractivity contribution in [2.45, 2.75) is 13.5 Å². The smallest absolute Gasteiger partial charge is 0.257 e. The van der Waals surface area contributed by atoms with Crippen molar-refractivity contribution in [2.75, 3.05) is 6.54 Å². The SMILES string of the molecule is Cc1ccccc1CNCC(=O)NO. The van der Waals surface area contributed by atoms with Gasteiger partial charge in [-0.2, -0.15) is 0 Å². The van der Waals surface area contributed by atoms with E-state index >= 15 is 0 Å². The van der Waals surface area contributed by atoms with Crippen LogP contribution in [0.15, 0.2) is 24.3 Å². The van der Waals surface area contributed by atoms with Crippen LogP contribution in [0.3, 0.4) is 0 Å². The average Bonchev–Trinajstić information content (AvgIpc) is 2.20. The van der Waals surface area contributed by atoms with E-state index in [1.165, 1.54) is 5.56 Å². The summed E-state index contributed by atoms with van der Waals surface area (Å²) in [5.74, 6) is -0.432. The van der Waals surface area contributed by atoms with Crippen LogP contribution < -0.4 is 10.8 Å². The van der Waals surface area contributed by atoms with Crippen LogP contribution in [0, 0.1) is 6.92 Å². The maximum absolute atomic E-state index is 10.7. The highest BCUT2D eigenvalue weighted by molar-refractivity contribution is 5.76. The van der Waals surface area contributed by atoms with Crippen molar-refractivity contribution in [3.8, 4) is 0 Å². The lowest BCUT2D eigenvalue weighted by atomic mass is 10.1. The zero-order chi connectivity index (χ0) is 10.4. The molecule has 0 bridgehead atoms. The van der Waals surface area contributed by atoms with Crippen molar-refractivity contribution in [2.24, 2.45) is 0 Å². The number of hydroxylamine groups is 1. The highest BCUT2D eigenvalue weighted by Gasteiger charge is 1.99. The van der Waals surface area contributed by atoms with E-state index in [0.717, 1.165) is 5.56 Å². The van der Waals surface area contributed by atoms with E-state index < -0.39 is 5.91 Å². The number of nitrogens with one attached hydrogen (secondary N) is 2. The minimum Gasteiger partial charge on any atom is -0.304 e. The monoisotopic (exact) mass is 194 g/mol. The molecule has 0 aliphatic carbocycles. The summed E-state index contributed by atoms with van der Waals surface area (Å²) in [5, 5.41) is 11.2. The molecule has 0 aromatic heterocycles. The summed E-state index contributed by atoms with van der Waals surface area (Å²) < 4.78 is 0. The maximum atomic E-state index is 10.7. The van der Waals surface area contributed by atoms with E-state index in [4.69, 9.17) is 5.21 Å². The molecular formula is C10H14N2O2. The first-order valence-electron chi connectivity index (χ1n) is 4.42. The van der Waals surface area contributed by atoms with Gasteiger partial charge in [0.2, 0.25) is 0 Å². The van der Waals surface area contributed by atoms with Crippen LogP contribution in [0.4, 0.5) is 0 Å². The van der Waals surface area contributed by atoms with Gasteiger partial charge in [-0.05, 0) is 18.1 Å².